The lowest BCUT2D eigenvalue weighted by Crippen LogP contribution is -2.20. The van der Waals surface area contributed by atoms with E-state index in [9.17, 15) is 4.79 Å². The van der Waals surface area contributed by atoms with Crippen molar-refractivity contribution >= 4 is 5.97 Å². The summed E-state index contributed by atoms with van der Waals surface area (Å²) in [4.78, 5) is 11.3. The van der Waals surface area contributed by atoms with Crippen molar-refractivity contribution in [3.8, 4) is 0 Å². The lowest BCUT2D eigenvalue weighted by Gasteiger charge is -2.12. The van der Waals surface area contributed by atoms with E-state index in [-0.39, 0.29) is 18.0 Å². The molecule has 0 aromatic heterocycles. The van der Waals surface area contributed by atoms with Crippen LogP contribution in [0.4, 0.5) is 0 Å². The number of ether oxygens (including phenoxy) is 3. The topological polar surface area (TPSA) is 44.8 Å². The molecule has 0 aliphatic rings. The van der Waals surface area contributed by atoms with Gasteiger partial charge in [0.25, 0.3) is 0 Å². The van der Waals surface area contributed by atoms with Crippen molar-refractivity contribution in [2.45, 2.75) is 40.2 Å². The Labute approximate surface area is 98.3 Å². The number of esters is 1. The van der Waals surface area contributed by atoms with Crippen molar-refractivity contribution in [1.82, 2.24) is 0 Å². The zero-order valence-electron chi connectivity index (χ0n) is 10.8. The van der Waals surface area contributed by atoms with E-state index in [1.807, 2.05) is 27.7 Å². The lowest BCUT2D eigenvalue weighted by molar-refractivity contribution is -0.149. The number of carbonyl (C=O) groups is 1. The minimum Gasteiger partial charge on any atom is -0.463 e. The molecule has 4 nitrogen and oxygen atoms in total. The fourth-order valence-corrected chi connectivity index (χ4v) is 1.09. The Hall–Kier alpha value is -0.610. The average Bonchev–Trinajstić information content (AvgIpc) is 2.27. The summed E-state index contributed by atoms with van der Waals surface area (Å²) in [6, 6.07) is 0. The number of hydrogen-bond donors (Lipinski definition) is 0. The van der Waals surface area contributed by atoms with Gasteiger partial charge in [0.1, 0.15) is 6.61 Å². The highest BCUT2D eigenvalue weighted by Gasteiger charge is 2.11. The van der Waals surface area contributed by atoms with Crippen LogP contribution in [0.5, 0.6) is 0 Å². The van der Waals surface area contributed by atoms with Gasteiger partial charge in [0.15, 0.2) is 0 Å². The first-order chi connectivity index (χ1) is 7.61. The van der Waals surface area contributed by atoms with Crippen LogP contribution in [0.2, 0.25) is 0 Å². The van der Waals surface area contributed by atoms with Gasteiger partial charge in [-0.05, 0) is 20.3 Å². The van der Waals surface area contributed by atoms with Gasteiger partial charge in [0.05, 0.1) is 25.2 Å². The van der Waals surface area contributed by atoms with Gasteiger partial charge in [-0.3, -0.25) is 4.79 Å². The van der Waals surface area contributed by atoms with Crippen LogP contribution in [0.15, 0.2) is 0 Å². The first-order valence-electron chi connectivity index (χ1n) is 5.97. The van der Waals surface area contributed by atoms with Gasteiger partial charge in [0, 0.05) is 6.61 Å². The summed E-state index contributed by atoms with van der Waals surface area (Å²) in [7, 11) is 0. The highest BCUT2D eigenvalue weighted by atomic mass is 16.6. The Bertz CT molecular complexity index is 182. The molecule has 0 rings (SSSR count). The molecule has 96 valence electrons. The Kier molecular flexibility index (Phi) is 9.24. The molecular formula is C12H24O4. The van der Waals surface area contributed by atoms with Gasteiger partial charge < -0.3 is 14.2 Å². The maximum atomic E-state index is 11.3. The van der Waals surface area contributed by atoms with Gasteiger partial charge in [0.2, 0.25) is 0 Å². The molecule has 0 spiro atoms. The molecule has 0 fully saturated rings. The Morgan fingerprint density at radius 2 is 1.88 bits per heavy atom. The first-order valence-corrected chi connectivity index (χ1v) is 5.97. The summed E-state index contributed by atoms with van der Waals surface area (Å²) >= 11 is 0. The standard InChI is InChI=1S/C12H24O4/c1-5-10(3)12(13)16-8-7-14-9-11(4)15-6-2/h10-11H,5-9H2,1-4H3. The van der Waals surface area contributed by atoms with Crippen molar-refractivity contribution < 1.29 is 19.0 Å². The molecule has 0 aliphatic carbocycles. The molecule has 0 heterocycles. The predicted octanol–water partition coefficient (Wildman–Crippen LogP) is 2.02. The van der Waals surface area contributed by atoms with Crippen LogP contribution in [-0.4, -0.2) is 38.5 Å². The van der Waals surface area contributed by atoms with Crippen LogP contribution in [0.3, 0.4) is 0 Å². The molecule has 0 radical (unpaired) electrons. The molecule has 0 saturated heterocycles. The fourth-order valence-electron chi connectivity index (χ4n) is 1.09. The normalized spacial score (nSPS) is 14.5. The minimum absolute atomic E-state index is 0.0256. The Morgan fingerprint density at radius 3 is 2.44 bits per heavy atom. The summed E-state index contributed by atoms with van der Waals surface area (Å²) < 4.78 is 15.6. The van der Waals surface area contributed by atoms with Crippen LogP contribution in [0.1, 0.15) is 34.1 Å². The number of rotatable bonds is 9. The van der Waals surface area contributed by atoms with Gasteiger partial charge >= 0.3 is 5.97 Å². The van der Waals surface area contributed by atoms with E-state index in [1.165, 1.54) is 0 Å². The van der Waals surface area contributed by atoms with Crippen LogP contribution in [-0.2, 0) is 19.0 Å². The summed E-state index contributed by atoms with van der Waals surface area (Å²) in [5, 5.41) is 0. The van der Waals surface area contributed by atoms with Crippen LogP contribution in [0, 0.1) is 5.92 Å². The molecule has 0 aromatic rings. The zero-order chi connectivity index (χ0) is 12.4. The molecule has 2 unspecified atom stereocenters. The predicted molar refractivity (Wildman–Crippen MR) is 62.3 cm³/mol. The summed E-state index contributed by atoms with van der Waals surface area (Å²) in [6.07, 6.45) is 0.899. The van der Waals surface area contributed by atoms with Crippen LogP contribution in [0.25, 0.3) is 0 Å². The summed E-state index contributed by atoms with van der Waals surface area (Å²) in [5.74, 6) is -0.175. The summed E-state index contributed by atoms with van der Waals surface area (Å²) in [5.41, 5.74) is 0. The van der Waals surface area contributed by atoms with Crippen LogP contribution >= 0.6 is 0 Å². The largest absolute Gasteiger partial charge is 0.463 e. The molecule has 0 bridgehead atoms. The third kappa shape index (κ3) is 7.65. The lowest BCUT2D eigenvalue weighted by atomic mass is 10.1. The van der Waals surface area contributed by atoms with Crippen molar-refractivity contribution in [3.05, 3.63) is 0 Å². The van der Waals surface area contributed by atoms with E-state index >= 15 is 0 Å². The van der Waals surface area contributed by atoms with Crippen LogP contribution < -0.4 is 0 Å². The van der Waals surface area contributed by atoms with E-state index < -0.39 is 0 Å². The maximum absolute atomic E-state index is 11.3. The van der Waals surface area contributed by atoms with E-state index in [2.05, 4.69) is 0 Å². The fraction of sp³-hybridized carbons (Fsp3) is 0.917. The van der Waals surface area contributed by atoms with Crippen molar-refractivity contribution in [2.24, 2.45) is 5.92 Å². The van der Waals surface area contributed by atoms with E-state index in [1.54, 1.807) is 0 Å². The number of carbonyl (C=O) groups excluding carboxylic acids is 1. The molecule has 0 aliphatic heterocycles. The second kappa shape index (κ2) is 9.60. The first kappa shape index (κ1) is 15.4. The molecule has 16 heavy (non-hydrogen) atoms. The van der Waals surface area contributed by atoms with Gasteiger partial charge in [-0.2, -0.15) is 0 Å². The van der Waals surface area contributed by atoms with Gasteiger partial charge in [-0.25, -0.2) is 0 Å². The number of hydrogen-bond acceptors (Lipinski definition) is 4. The minimum atomic E-state index is -0.149. The molecule has 2 atom stereocenters. The quantitative estimate of drug-likeness (QED) is 0.450. The second-order valence-corrected chi connectivity index (χ2v) is 3.82. The van der Waals surface area contributed by atoms with Crippen molar-refractivity contribution in [1.29, 1.82) is 0 Å². The van der Waals surface area contributed by atoms with E-state index in [4.69, 9.17) is 14.2 Å². The molecule has 0 amide bonds. The highest BCUT2D eigenvalue weighted by molar-refractivity contribution is 5.71. The molecular weight excluding hydrogens is 208 g/mol. The zero-order valence-corrected chi connectivity index (χ0v) is 10.8. The van der Waals surface area contributed by atoms with Gasteiger partial charge in [-0.1, -0.05) is 13.8 Å². The van der Waals surface area contributed by atoms with Crippen molar-refractivity contribution in [2.75, 3.05) is 26.4 Å². The third-order valence-electron chi connectivity index (χ3n) is 2.29. The highest BCUT2D eigenvalue weighted by Crippen LogP contribution is 2.02. The summed E-state index contributed by atoms with van der Waals surface area (Å²) in [6.45, 7) is 9.70. The monoisotopic (exact) mass is 232 g/mol. The van der Waals surface area contributed by atoms with E-state index in [0.29, 0.717) is 26.4 Å². The molecule has 4 heteroatoms. The third-order valence-corrected chi connectivity index (χ3v) is 2.29. The smallest absolute Gasteiger partial charge is 0.308 e. The van der Waals surface area contributed by atoms with E-state index in [0.717, 1.165) is 6.42 Å². The SMILES string of the molecule is CCOC(C)COCCOC(=O)C(C)CC. The molecule has 0 saturated carbocycles. The average molecular weight is 232 g/mol. The Morgan fingerprint density at radius 1 is 1.19 bits per heavy atom. The van der Waals surface area contributed by atoms with Gasteiger partial charge in [-0.15, -0.1) is 0 Å². The second-order valence-electron chi connectivity index (χ2n) is 3.82. The molecule has 0 N–H and O–H groups in total. The maximum Gasteiger partial charge on any atom is 0.308 e. The molecule has 0 aromatic carbocycles. The van der Waals surface area contributed by atoms with Crippen molar-refractivity contribution in [3.63, 3.8) is 0 Å². The Balaban J connectivity index is 3.36.